The van der Waals surface area contributed by atoms with E-state index in [4.69, 9.17) is 4.74 Å². The number of rotatable bonds is 4. The van der Waals surface area contributed by atoms with Gasteiger partial charge in [0.15, 0.2) is 0 Å². The normalized spacial score (nSPS) is 27.9. The summed E-state index contributed by atoms with van der Waals surface area (Å²) in [4.78, 5) is 0. The van der Waals surface area contributed by atoms with E-state index in [2.05, 4.69) is 43.6 Å². The third kappa shape index (κ3) is 2.83. The van der Waals surface area contributed by atoms with Crippen LogP contribution in [0.25, 0.3) is 0 Å². The van der Waals surface area contributed by atoms with E-state index >= 15 is 0 Å². The molecule has 1 N–H and O–H groups in total. The summed E-state index contributed by atoms with van der Waals surface area (Å²) in [5, 5.41) is 3.54. The molecule has 2 unspecified atom stereocenters. The average Bonchev–Trinajstić information content (AvgIpc) is 2.79. The Hall–Kier alpha value is -1.02. The third-order valence-corrected chi connectivity index (χ3v) is 5.78. The van der Waals surface area contributed by atoms with Crippen LogP contribution in [0.2, 0.25) is 0 Å². The smallest absolute Gasteiger partial charge is 0.119 e. The molecule has 2 nitrogen and oxygen atoms in total. The molecular weight excluding hydrogens is 258 g/mol. The maximum Gasteiger partial charge on any atom is 0.119 e. The minimum absolute atomic E-state index is 0.384. The molecule has 0 saturated heterocycles. The van der Waals surface area contributed by atoms with Crippen LogP contribution in [-0.2, 0) is 6.42 Å². The average molecular weight is 287 g/mol. The lowest BCUT2D eigenvalue weighted by Gasteiger charge is -2.55. The minimum atomic E-state index is 0.384. The maximum atomic E-state index is 6.39. The van der Waals surface area contributed by atoms with Gasteiger partial charge < -0.3 is 10.1 Å². The van der Waals surface area contributed by atoms with Gasteiger partial charge in [0.25, 0.3) is 0 Å². The van der Waals surface area contributed by atoms with Crippen molar-refractivity contribution in [3.8, 4) is 5.75 Å². The number of hydrogen-bond donors (Lipinski definition) is 1. The molecular formula is C19H29NO. The van der Waals surface area contributed by atoms with Crippen molar-refractivity contribution in [1.82, 2.24) is 5.32 Å². The topological polar surface area (TPSA) is 21.3 Å². The standard InChI is InChI=1S/C19H29NO/c1-3-15-8-10-16(11-9-15)21-18-14-17(20-2)19(18)12-6-4-5-7-13-19/h8-11,17-18,20H,3-7,12-14H2,1-2H3. The maximum absolute atomic E-state index is 6.39. The Morgan fingerprint density at radius 1 is 1.10 bits per heavy atom. The van der Waals surface area contributed by atoms with Crippen molar-refractivity contribution in [1.29, 1.82) is 0 Å². The number of nitrogens with one attached hydrogen (secondary N) is 1. The summed E-state index contributed by atoms with van der Waals surface area (Å²) in [6.07, 6.45) is 10.8. The fourth-order valence-electron chi connectivity index (χ4n) is 4.34. The predicted octanol–water partition coefficient (Wildman–Crippen LogP) is 4.33. The van der Waals surface area contributed by atoms with Gasteiger partial charge in [0.05, 0.1) is 0 Å². The predicted molar refractivity (Wildman–Crippen MR) is 87.8 cm³/mol. The molecule has 2 heteroatoms. The van der Waals surface area contributed by atoms with Gasteiger partial charge in [-0.15, -0.1) is 0 Å². The van der Waals surface area contributed by atoms with Crippen LogP contribution >= 0.6 is 0 Å². The van der Waals surface area contributed by atoms with Crippen molar-refractivity contribution in [2.45, 2.75) is 70.4 Å². The second kappa shape index (κ2) is 6.39. The summed E-state index contributed by atoms with van der Waals surface area (Å²) in [6, 6.07) is 9.34. The first-order chi connectivity index (χ1) is 10.3. The molecule has 0 radical (unpaired) electrons. The highest BCUT2D eigenvalue weighted by atomic mass is 16.5. The Bertz CT molecular complexity index is 445. The Kier molecular flexibility index (Phi) is 4.54. The van der Waals surface area contributed by atoms with Crippen molar-refractivity contribution < 1.29 is 4.74 Å². The summed E-state index contributed by atoms with van der Waals surface area (Å²) < 4.78 is 6.39. The van der Waals surface area contributed by atoms with Gasteiger partial charge in [-0.2, -0.15) is 0 Å². The first-order valence-corrected chi connectivity index (χ1v) is 8.71. The quantitative estimate of drug-likeness (QED) is 0.890. The lowest BCUT2D eigenvalue weighted by molar-refractivity contribution is -0.0882. The van der Waals surface area contributed by atoms with Crippen molar-refractivity contribution in [3.05, 3.63) is 29.8 Å². The summed E-state index contributed by atoms with van der Waals surface area (Å²) >= 11 is 0. The largest absolute Gasteiger partial charge is 0.490 e. The molecule has 0 bridgehead atoms. The molecule has 2 atom stereocenters. The van der Waals surface area contributed by atoms with Crippen molar-refractivity contribution >= 4 is 0 Å². The number of benzene rings is 1. The van der Waals surface area contributed by atoms with E-state index in [1.807, 2.05) is 0 Å². The molecule has 3 rings (SSSR count). The third-order valence-electron chi connectivity index (χ3n) is 5.78. The molecule has 1 aromatic rings. The summed E-state index contributed by atoms with van der Waals surface area (Å²) in [5.74, 6) is 1.05. The molecule has 1 spiro atoms. The monoisotopic (exact) mass is 287 g/mol. The van der Waals surface area contributed by atoms with Crippen LogP contribution in [0.15, 0.2) is 24.3 Å². The minimum Gasteiger partial charge on any atom is -0.490 e. The van der Waals surface area contributed by atoms with Gasteiger partial charge in [0.1, 0.15) is 11.9 Å². The zero-order valence-electron chi connectivity index (χ0n) is 13.5. The van der Waals surface area contributed by atoms with Gasteiger partial charge in [0, 0.05) is 17.9 Å². The van der Waals surface area contributed by atoms with E-state index in [0.29, 0.717) is 17.6 Å². The van der Waals surface area contributed by atoms with E-state index in [1.165, 1.54) is 44.1 Å². The second-order valence-corrected chi connectivity index (χ2v) is 6.83. The van der Waals surface area contributed by atoms with E-state index in [9.17, 15) is 0 Å². The second-order valence-electron chi connectivity index (χ2n) is 6.83. The van der Waals surface area contributed by atoms with Crippen LogP contribution < -0.4 is 10.1 Å². The van der Waals surface area contributed by atoms with Crippen molar-refractivity contribution in [2.75, 3.05) is 7.05 Å². The molecule has 21 heavy (non-hydrogen) atoms. The fraction of sp³-hybridized carbons (Fsp3) is 0.684. The Labute approximate surface area is 129 Å². The number of hydrogen-bond acceptors (Lipinski definition) is 2. The molecule has 0 heterocycles. The van der Waals surface area contributed by atoms with Crippen LogP contribution in [-0.4, -0.2) is 19.2 Å². The van der Waals surface area contributed by atoms with E-state index < -0.39 is 0 Å². The molecule has 2 fully saturated rings. The lowest BCUT2D eigenvalue weighted by atomic mass is 9.58. The molecule has 2 aliphatic carbocycles. The van der Waals surface area contributed by atoms with E-state index in [0.717, 1.165) is 18.6 Å². The van der Waals surface area contributed by atoms with Crippen LogP contribution in [0, 0.1) is 5.41 Å². The SMILES string of the molecule is CCc1ccc(OC2CC(NC)C23CCCCCC3)cc1. The Morgan fingerprint density at radius 2 is 1.76 bits per heavy atom. The van der Waals surface area contributed by atoms with Gasteiger partial charge in [-0.05, 0) is 44.0 Å². The highest BCUT2D eigenvalue weighted by molar-refractivity contribution is 5.28. The first-order valence-electron chi connectivity index (χ1n) is 8.71. The fourth-order valence-corrected chi connectivity index (χ4v) is 4.34. The van der Waals surface area contributed by atoms with Crippen LogP contribution in [0.3, 0.4) is 0 Å². The number of ether oxygens (including phenoxy) is 1. The van der Waals surface area contributed by atoms with Gasteiger partial charge in [0.2, 0.25) is 0 Å². The highest BCUT2D eigenvalue weighted by Crippen LogP contribution is 2.52. The zero-order chi connectivity index (χ0) is 14.7. The molecule has 0 aromatic heterocycles. The van der Waals surface area contributed by atoms with Crippen LogP contribution in [0.5, 0.6) is 5.75 Å². The zero-order valence-corrected chi connectivity index (χ0v) is 13.5. The molecule has 116 valence electrons. The van der Waals surface area contributed by atoms with Gasteiger partial charge in [-0.25, -0.2) is 0 Å². The molecule has 0 aliphatic heterocycles. The van der Waals surface area contributed by atoms with Crippen molar-refractivity contribution in [3.63, 3.8) is 0 Å². The highest BCUT2D eigenvalue weighted by Gasteiger charge is 2.55. The van der Waals surface area contributed by atoms with Crippen LogP contribution in [0.1, 0.15) is 57.4 Å². The molecule has 1 aromatic carbocycles. The Morgan fingerprint density at radius 3 is 2.33 bits per heavy atom. The summed E-state index contributed by atoms with van der Waals surface area (Å²) in [7, 11) is 2.11. The van der Waals surface area contributed by atoms with E-state index in [1.54, 1.807) is 0 Å². The first kappa shape index (κ1) is 14.9. The van der Waals surface area contributed by atoms with Gasteiger partial charge in [-0.1, -0.05) is 44.7 Å². The Balaban J connectivity index is 1.71. The number of aryl methyl sites for hydroxylation is 1. The molecule has 2 saturated carbocycles. The van der Waals surface area contributed by atoms with Crippen molar-refractivity contribution in [2.24, 2.45) is 5.41 Å². The van der Waals surface area contributed by atoms with Gasteiger partial charge >= 0.3 is 0 Å². The molecule has 0 amide bonds. The van der Waals surface area contributed by atoms with E-state index in [-0.39, 0.29) is 0 Å². The summed E-state index contributed by atoms with van der Waals surface area (Å²) in [5.41, 5.74) is 1.77. The summed E-state index contributed by atoms with van der Waals surface area (Å²) in [6.45, 7) is 2.19. The van der Waals surface area contributed by atoms with Crippen LogP contribution in [0.4, 0.5) is 0 Å². The molecule has 2 aliphatic rings. The lowest BCUT2D eigenvalue weighted by Crippen LogP contribution is -2.64. The van der Waals surface area contributed by atoms with Gasteiger partial charge in [-0.3, -0.25) is 0 Å².